The molecule has 1 saturated heterocycles. The molecule has 2 unspecified atom stereocenters. The summed E-state index contributed by atoms with van der Waals surface area (Å²) in [6.45, 7) is 10.7. The van der Waals surface area contributed by atoms with Crippen molar-refractivity contribution in [1.29, 1.82) is 0 Å². The second-order valence-electron chi connectivity index (χ2n) is 5.80. The molecule has 0 radical (unpaired) electrons. The highest BCUT2D eigenvalue weighted by atomic mass is 16.5. The van der Waals surface area contributed by atoms with Crippen molar-refractivity contribution in [2.24, 2.45) is 0 Å². The van der Waals surface area contributed by atoms with Gasteiger partial charge < -0.3 is 10.1 Å². The minimum absolute atomic E-state index is 0.389. The highest BCUT2D eigenvalue weighted by Crippen LogP contribution is 2.23. The van der Waals surface area contributed by atoms with Crippen LogP contribution in [0.25, 0.3) is 0 Å². The Balaban J connectivity index is 2.16. The lowest BCUT2D eigenvalue weighted by Crippen LogP contribution is -2.41. The van der Waals surface area contributed by atoms with E-state index in [0.717, 1.165) is 19.6 Å². The molecule has 19 heavy (non-hydrogen) atoms. The number of likely N-dealkylation sites (N-methyl/N-ethyl adjacent to an activating group) is 1. The molecule has 2 heteroatoms. The Kier molecular flexibility index (Phi) is 5.00. The Bertz CT molecular complexity index is 398. The Morgan fingerprint density at radius 2 is 1.95 bits per heavy atom. The average Bonchev–Trinajstić information content (AvgIpc) is 2.85. The maximum atomic E-state index is 5.88. The van der Waals surface area contributed by atoms with Gasteiger partial charge in [-0.3, -0.25) is 0 Å². The largest absolute Gasteiger partial charge is 0.377 e. The van der Waals surface area contributed by atoms with Gasteiger partial charge in [-0.25, -0.2) is 0 Å². The Morgan fingerprint density at radius 1 is 1.26 bits per heavy atom. The van der Waals surface area contributed by atoms with Gasteiger partial charge in [-0.05, 0) is 63.3 Å². The van der Waals surface area contributed by atoms with Gasteiger partial charge in [0.1, 0.15) is 0 Å². The van der Waals surface area contributed by atoms with E-state index in [1.165, 1.54) is 35.1 Å². The zero-order valence-electron chi connectivity index (χ0n) is 12.8. The first-order valence-electron chi connectivity index (χ1n) is 7.53. The van der Waals surface area contributed by atoms with E-state index in [1.807, 2.05) is 0 Å². The molecule has 1 aliphatic heterocycles. The van der Waals surface area contributed by atoms with E-state index < -0.39 is 0 Å². The fourth-order valence-electron chi connectivity index (χ4n) is 3.27. The molecule has 2 nitrogen and oxygen atoms in total. The van der Waals surface area contributed by atoms with Crippen molar-refractivity contribution >= 4 is 0 Å². The molecule has 0 bridgehead atoms. The zero-order chi connectivity index (χ0) is 13.8. The maximum Gasteiger partial charge on any atom is 0.0732 e. The summed E-state index contributed by atoms with van der Waals surface area (Å²) in [5.74, 6) is 0. The lowest BCUT2D eigenvalue weighted by atomic mass is 9.92. The summed E-state index contributed by atoms with van der Waals surface area (Å²) in [6.07, 6.45) is 3.87. The maximum absolute atomic E-state index is 5.88. The van der Waals surface area contributed by atoms with Gasteiger partial charge in [0.15, 0.2) is 0 Å². The standard InChI is InChI=1S/C17H27NO/c1-5-18-16(17-7-6-8-19-17)11-15-13(3)9-12(2)10-14(15)4/h9-10,16-18H,5-8,11H2,1-4H3. The van der Waals surface area contributed by atoms with Gasteiger partial charge in [0.05, 0.1) is 6.10 Å². The van der Waals surface area contributed by atoms with Crippen LogP contribution in [0.15, 0.2) is 12.1 Å². The Morgan fingerprint density at radius 3 is 2.47 bits per heavy atom. The van der Waals surface area contributed by atoms with Crippen LogP contribution in [-0.4, -0.2) is 25.3 Å². The third kappa shape index (κ3) is 3.58. The van der Waals surface area contributed by atoms with E-state index in [2.05, 4.69) is 45.1 Å². The zero-order valence-corrected chi connectivity index (χ0v) is 12.8. The molecule has 106 valence electrons. The van der Waals surface area contributed by atoms with Gasteiger partial charge in [0.25, 0.3) is 0 Å². The van der Waals surface area contributed by atoms with Crippen LogP contribution in [0.3, 0.4) is 0 Å². The smallest absolute Gasteiger partial charge is 0.0732 e. The monoisotopic (exact) mass is 261 g/mol. The third-order valence-corrected chi connectivity index (χ3v) is 4.14. The molecule has 0 aromatic heterocycles. The molecule has 0 saturated carbocycles. The van der Waals surface area contributed by atoms with Crippen molar-refractivity contribution in [3.05, 3.63) is 34.4 Å². The molecule has 1 aromatic carbocycles. The lowest BCUT2D eigenvalue weighted by molar-refractivity contribution is 0.0788. The Hall–Kier alpha value is -0.860. The number of rotatable bonds is 5. The lowest BCUT2D eigenvalue weighted by Gasteiger charge is -2.25. The molecule has 0 spiro atoms. The topological polar surface area (TPSA) is 21.3 Å². The van der Waals surface area contributed by atoms with E-state index in [4.69, 9.17) is 4.74 Å². The van der Waals surface area contributed by atoms with Crippen molar-refractivity contribution in [2.75, 3.05) is 13.2 Å². The number of aryl methyl sites for hydroxylation is 3. The first kappa shape index (κ1) is 14.5. The minimum atomic E-state index is 0.389. The van der Waals surface area contributed by atoms with Gasteiger partial charge in [0, 0.05) is 12.6 Å². The van der Waals surface area contributed by atoms with Crippen molar-refractivity contribution in [2.45, 2.75) is 59.1 Å². The van der Waals surface area contributed by atoms with Crippen LogP contribution in [0.1, 0.15) is 42.0 Å². The molecule has 0 aliphatic carbocycles. The SMILES string of the molecule is CCNC(Cc1c(C)cc(C)cc1C)C1CCCO1. The number of hydrogen-bond acceptors (Lipinski definition) is 2. The van der Waals surface area contributed by atoms with E-state index in [-0.39, 0.29) is 0 Å². The van der Waals surface area contributed by atoms with E-state index in [9.17, 15) is 0 Å². The second-order valence-corrected chi connectivity index (χ2v) is 5.80. The fourth-order valence-corrected chi connectivity index (χ4v) is 3.27. The van der Waals surface area contributed by atoms with Crippen molar-refractivity contribution in [1.82, 2.24) is 5.32 Å². The van der Waals surface area contributed by atoms with Crippen molar-refractivity contribution in [3.8, 4) is 0 Å². The second kappa shape index (κ2) is 6.53. The molecule has 0 amide bonds. The highest BCUT2D eigenvalue weighted by molar-refractivity contribution is 5.38. The predicted molar refractivity (Wildman–Crippen MR) is 80.8 cm³/mol. The first-order valence-corrected chi connectivity index (χ1v) is 7.53. The normalized spacial score (nSPS) is 20.7. The number of benzene rings is 1. The first-order chi connectivity index (χ1) is 9.11. The van der Waals surface area contributed by atoms with E-state index >= 15 is 0 Å². The quantitative estimate of drug-likeness (QED) is 0.878. The van der Waals surface area contributed by atoms with Crippen LogP contribution < -0.4 is 5.32 Å². The molecular formula is C17H27NO. The number of ether oxygens (including phenoxy) is 1. The van der Waals surface area contributed by atoms with Crippen LogP contribution in [0.2, 0.25) is 0 Å². The number of hydrogen-bond donors (Lipinski definition) is 1. The molecule has 1 heterocycles. The summed E-state index contributed by atoms with van der Waals surface area (Å²) in [6, 6.07) is 5.04. The minimum Gasteiger partial charge on any atom is -0.377 e. The summed E-state index contributed by atoms with van der Waals surface area (Å²) in [5, 5.41) is 3.62. The summed E-state index contributed by atoms with van der Waals surface area (Å²) in [5.41, 5.74) is 5.68. The summed E-state index contributed by atoms with van der Waals surface area (Å²) in [4.78, 5) is 0. The molecule has 1 N–H and O–H groups in total. The van der Waals surface area contributed by atoms with E-state index in [1.54, 1.807) is 0 Å². The van der Waals surface area contributed by atoms with Crippen LogP contribution in [-0.2, 0) is 11.2 Å². The van der Waals surface area contributed by atoms with Gasteiger partial charge >= 0.3 is 0 Å². The summed E-state index contributed by atoms with van der Waals surface area (Å²) >= 11 is 0. The van der Waals surface area contributed by atoms with Crippen LogP contribution in [0.5, 0.6) is 0 Å². The summed E-state index contributed by atoms with van der Waals surface area (Å²) in [7, 11) is 0. The molecule has 1 aromatic rings. The van der Waals surface area contributed by atoms with Crippen LogP contribution in [0.4, 0.5) is 0 Å². The highest BCUT2D eigenvalue weighted by Gasteiger charge is 2.26. The van der Waals surface area contributed by atoms with Gasteiger partial charge in [-0.15, -0.1) is 0 Å². The van der Waals surface area contributed by atoms with Crippen molar-refractivity contribution in [3.63, 3.8) is 0 Å². The molecule has 2 atom stereocenters. The predicted octanol–water partition coefficient (Wildman–Crippen LogP) is 3.31. The fraction of sp³-hybridized carbons (Fsp3) is 0.647. The van der Waals surface area contributed by atoms with Gasteiger partial charge in [0.2, 0.25) is 0 Å². The van der Waals surface area contributed by atoms with Crippen LogP contribution >= 0.6 is 0 Å². The van der Waals surface area contributed by atoms with Gasteiger partial charge in [-0.1, -0.05) is 24.6 Å². The molecule has 2 rings (SSSR count). The van der Waals surface area contributed by atoms with E-state index in [0.29, 0.717) is 12.1 Å². The molecular weight excluding hydrogens is 234 g/mol. The molecule has 1 fully saturated rings. The number of nitrogens with one attached hydrogen (secondary N) is 1. The Labute approximate surface area is 117 Å². The average molecular weight is 261 g/mol. The molecule has 1 aliphatic rings. The van der Waals surface area contributed by atoms with Gasteiger partial charge in [-0.2, -0.15) is 0 Å². The third-order valence-electron chi connectivity index (χ3n) is 4.14. The van der Waals surface area contributed by atoms with Crippen LogP contribution in [0, 0.1) is 20.8 Å². The van der Waals surface area contributed by atoms with Crippen molar-refractivity contribution < 1.29 is 4.74 Å². The summed E-state index contributed by atoms with van der Waals surface area (Å²) < 4.78 is 5.88.